The summed E-state index contributed by atoms with van der Waals surface area (Å²) in [5.74, 6) is -0.577. The van der Waals surface area contributed by atoms with Gasteiger partial charge in [-0.25, -0.2) is 0 Å². The first kappa shape index (κ1) is 26.4. The highest BCUT2D eigenvalue weighted by Crippen LogP contribution is 2.35. The van der Waals surface area contributed by atoms with E-state index < -0.39 is 43.1 Å². The van der Waals surface area contributed by atoms with Gasteiger partial charge in [-0.05, 0) is 56.2 Å². The summed E-state index contributed by atoms with van der Waals surface area (Å²) < 4.78 is 11.1. The van der Waals surface area contributed by atoms with Crippen molar-refractivity contribution < 1.29 is 44.9 Å². The molecule has 0 aliphatic carbocycles. The SMILES string of the molecule is CC(C)=CCc1c(O[C@@H]2OC(CO)[C@@H](O)[C@H](O)C2O)ccc(C(=O)/C=C/c2ccc(O)cc2)c1O. The van der Waals surface area contributed by atoms with Gasteiger partial charge in [0, 0.05) is 5.56 Å². The summed E-state index contributed by atoms with van der Waals surface area (Å²) in [5, 5.41) is 60.0. The Morgan fingerprint density at radius 1 is 1.00 bits per heavy atom. The molecule has 1 aliphatic heterocycles. The molecule has 2 unspecified atom stereocenters. The zero-order valence-corrected chi connectivity index (χ0v) is 19.4. The number of phenols is 2. The van der Waals surface area contributed by atoms with E-state index in [1.54, 1.807) is 18.2 Å². The summed E-state index contributed by atoms with van der Waals surface area (Å²) in [7, 11) is 0. The average molecular weight is 487 g/mol. The lowest BCUT2D eigenvalue weighted by Gasteiger charge is -2.39. The highest BCUT2D eigenvalue weighted by molar-refractivity contribution is 6.09. The number of rotatable bonds is 8. The zero-order chi connectivity index (χ0) is 25.7. The molecule has 1 fully saturated rings. The predicted octanol–water partition coefficient (Wildman–Crippen LogP) is 1.68. The predicted molar refractivity (Wildman–Crippen MR) is 127 cm³/mol. The third-order valence-electron chi connectivity index (χ3n) is 5.63. The molecule has 3 rings (SSSR count). The number of hydrogen-bond donors (Lipinski definition) is 6. The van der Waals surface area contributed by atoms with Gasteiger partial charge in [-0.3, -0.25) is 4.79 Å². The van der Waals surface area contributed by atoms with Crippen molar-refractivity contribution in [3.05, 3.63) is 70.8 Å². The Morgan fingerprint density at radius 3 is 2.31 bits per heavy atom. The Kier molecular flexibility index (Phi) is 8.66. The van der Waals surface area contributed by atoms with Gasteiger partial charge in [0.05, 0.1) is 12.2 Å². The van der Waals surface area contributed by atoms with Crippen LogP contribution >= 0.6 is 0 Å². The van der Waals surface area contributed by atoms with Crippen LogP contribution in [-0.2, 0) is 11.2 Å². The standard InChI is InChI=1S/C26H30O9/c1-14(2)3-9-18-20(34-26-25(33)24(32)23(31)21(13-27)35-26)12-10-17(22(18)30)19(29)11-6-15-4-7-16(28)8-5-15/h3-8,10-12,21,23-28,30-33H,9,13H2,1-2H3/b11-6+/t21?,23-,24+,25?,26-/m1/s1. The van der Waals surface area contributed by atoms with Gasteiger partial charge >= 0.3 is 0 Å². The third kappa shape index (κ3) is 6.27. The number of hydrogen-bond acceptors (Lipinski definition) is 9. The summed E-state index contributed by atoms with van der Waals surface area (Å²) in [6.07, 6.45) is -2.51. The fourth-order valence-corrected chi connectivity index (χ4v) is 3.57. The van der Waals surface area contributed by atoms with Crippen LogP contribution in [0.3, 0.4) is 0 Å². The minimum Gasteiger partial charge on any atom is -0.508 e. The Bertz CT molecular complexity index is 1080. The molecule has 9 nitrogen and oxygen atoms in total. The van der Waals surface area contributed by atoms with Gasteiger partial charge in [0.25, 0.3) is 0 Å². The highest BCUT2D eigenvalue weighted by atomic mass is 16.7. The normalized spacial score (nSPS) is 24.3. The summed E-state index contributed by atoms with van der Waals surface area (Å²) in [6, 6.07) is 9.06. The molecule has 5 atom stereocenters. The number of carbonyl (C=O) groups excluding carboxylic acids is 1. The molecule has 6 N–H and O–H groups in total. The van der Waals surface area contributed by atoms with E-state index in [0.29, 0.717) is 5.56 Å². The van der Waals surface area contributed by atoms with Crippen LogP contribution in [0.25, 0.3) is 6.08 Å². The highest BCUT2D eigenvalue weighted by Gasteiger charge is 2.45. The van der Waals surface area contributed by atoms with Crippen molar-refractivity contribution in [2.45, 2.75) is 51.0 Å². The summed E-state index contributed by atoms with van der Waals surface area (Å²) in [4.78, 5) is 12.8. The molecule has 2 aromatic rings. The van der Waals surface area contributed by atoms with Crippen molar-refractivity contribution in [3.8, 4) is 17.2 Å². The van der Waals surface area contributed by atoms with E-state index in [4.69, 9.17) is 9.47 Å². The van der Waals surface area contributed by atoms with E-state index in [-0.39, 0.29) is 34.8 Å². The van der Waals surface area contributed by atoms with Gasteiger partial charge in [0.1, 0.15) is 41.7 Å². The maximum Gasteiger partial charge on any atom is 0.229 e. The molecule has 0 aromatic heterocycles. The zero-order valence-electron chi connectivity index (χ0n) is 19.4. The number of aromatic hydroxyl groups is 2. The van der Waals surface area contributed by atoms with Crippen LogP contribution in [0.1, 0.15) is 35.3 Å². The molecule has 1 saturated heterocycles. The maximum absolute atomic E-state index is 12.8. The Labute approximate surface area is 202 Å². The van der Waals surface area contributed by atoms with E-state index in [1.807, 2.05) is 19.9 Å². The largest absolute Gasteiger partial charge is 0.508 e. The van der Waals surface area contributed by atoms with Crippen LogP contribution in [0.2, 0.25) is 0 Å². The molecule has 0 radical (unpaired) electrons. The fraction of sp³-hybridized carbons (Fsp3) is 0.346. The number of aliphatic hydroxyl groups is 4. The first-order valence-corrected chi connectivity index (χ1v) is 11.1. The Balaban J connectivity index is 1.91. The van der Waals surface area contributed by atoms with Crippen molar-refractivity contribution >= 4 is 11.9 Å². The van der Waals surface area contributed by atoms with Crippen molar-refractivity contribution in [3.63, 3.8) is 0 Å². The van der Waals surface area contributed by atoms with E-state index in [2.05, 4.69) is 0 Å². The number of carbonyl (C=O) groups is 1. The summed E-state index contributed by atoms with van der Waals surface area (Å²) in [6.45, 7) is 3.12. The second-order valence-electron chi connectivity index (χ2n) is 8.53. The van der Waals surface area contributed by atoms with Gasteiger partial charge in [0.2, 0.25) is 6.29 Å². The number of ketones is 1. The molecule has 0 bridgehead atoms. The van der Waals surface area contributed by atoms with Gasteiger partial charge in [0.15, 0.2) is 5.78 Å². The molecule has 0 spiro atoms. The number of ether oxygens (including phenoxy) is 2. The molecular formula is C26H30O9. The average Bonchev–Trinajstić information content (AvgIpc) is 2.83. The lowest BCUT2D eigenvalue weighted by Crippen LogP contribution is -2.60. The smallest absolute Gasteiger partial charge is 0.229 e. The number of allylic oxidation sites excluding steroid dienone is 3. The molecule has 1 heterocycles. The van der Waals surface area contributed by atoms with Crippen LogP contribution in [-0.4, -0.2) is 73.7 Å². The lowest BCUT2D eigenvalue weighted by atomic mass is 9.98. The Hall–Kier alpha value is -3.21. The van der Waals surface area contributed by atoms with Crippen molar-refractivity contribution in [2.24, 2.45) is 0 Å². The summed E-state index contributed by atoms with van der Waals surface area (Å²) in [5.41, 5.74) is 1.92. The monoisotopic (exact) mass is 486 g/mol. The number of benzene rings is 2. The second kappa shape index (κ2) is 11.5. The molecule has 188 valence electrons. The molecule has 1 aliphatic rings. The molecule has 2 aromatic carbocycles. The fourth-order valence-electron chi connectivity index (χ4n) is 3.57. The topological polar surface area (TPSA) is 157 Å². The molecule has 35 heavy (non-hydrogen) atoms. The van der Waals surface area contributed by atoms with E-state index >= 15 is 0 Å². The quantitative estimate of drug-likeness (QED) is 0.186. The van der Waals surface area contributed by atoms with E-state index in [1.165, 1.54) is 30.3 Å². The van der Waals surface area contributed by atoms with Crippen molar-refractivity contribution in [1.82, 2.24) is 0 Å². The van der Waals surface area contributed by atoms with Crippen LogP contribution in [0.5, 0.6) is 17.2 Å². The van der Waals surface area contributed by atoms with Crippen LogP contribution < -0.4 is 4.74 Å². The van der Waals surface area contributed by atoms with Gasteiger partial charge < -0.3 is 40.1 Å². The molecule has 0 saturated carbocycles. The molecular weight excluding hydrogens is 456 g/mol. The molecule has 9 heteroatoms. The molecule has 0 amide bonds. The van der Waals surface area contributed by atoms with Gasteiger partial charge in [-0.2, -0.15) is 0 Å². The Morgan fingerprint density at radius 2 is 1.69 bits per heavy atom. The van der Waals surface area contributed by atoms with Gasteiger partial charge in [-0.15, -0.1) is 0 Å². The van der Waals surface area contributed by atoms with Crippen LogP contribution in [0.15, 0.2) is 54.1 Å². The second-order valence-corrected chi connectivity index (χ2v) is 8.53. The first-order chi connectivity index (χ1) is 16.6. The van der Waals surface area contributed by atoms with Crippen molar-refractivity contribution in [1.29, 1.82) is 0 Å². The van der Waals surface area contributed by atoms with Crippen LogP contribution in [0.4, 0.5) is 0 Å². The van der Waals surface area contributed by atoms with Crippen molar-refractivity contribution in [2.75, 3.05) is 6.61 Å². The maximum atomic E-state index is 12.8. The number of aliphatic hydroxyl groups excluding tert-OH is 4. The minimum atomic E-state index is -1.62. The van der Waals surface area contributed by atoms with E-state index in [0.717, 1.165) is 5.57 Å². The number of phenolic OH excluding ortho intramolecular Hbond substituents is 2. The van der Waals surface area contributed by atoms with E-state index in [9.17, 15) is 35.4 Å². The van der Waals surface area contributed by atoms with Gasteiger partial charge in [-0.1, -0.05) is 29.9 Å². The third-order valence-corrected chi connectivity index (χ3v) is 5.63. The lowest BCUT2D eigenvalue weighted by molar-refractivity contribution is -0.277. The first-order valence-electron chi connectivity index (χ1n) is 11.1. The summed E-state index contributed by atoms with van der Waals surface area (Å²) >= 11 is 0. The minimum absolute atomic E-state index is 0.0262. The van der Waals surface area contributed by atoms with Crippen LogP contribution in [0, 0.1) is 0 Å².